The quantitative estimate of drug-likeness (QED) is 0.897. The summed E-state index contributed by atoms with van der Waals surface area (Å²) in [4.78, 5) is -0.135. The molecule has 0 aromatic heterocycles. The van der Waals surface area contributed by atoms with Crippen LogP contribution in [0.3, 0.4) is 0 Å². The molecule has 0 spiro atoms. The third kappa shape index (κ3) is 2.45. The van der Waals surface area contributed by atoms with E-state index < -0.39 is 21.4 Å². The molecule has 1 fully saturated rings. The van der Waals surface area contributed by atoms with Crippen molar-refractivity contribution in [3.63, 3.8) is 0 Å². The molecule has 0 atom stereocenters. The number of benzene rings is 1. The summed E-state index contributed by atoms with van der Waals surface area (Å²) >= 11 is 0. The zero-order valence-corrected chi connectivity index (χ0v) is 11.6. The summed E-state index contributed by atoms with van der Waals surface area (Å²) in [6.45, 7) is 1.87. The van der Waals surface area contributed by atoms with Crippen molar-refractivity contribution in [3.05, 3.63) is 24.0 Å². The van der Waals surface area contributed by atoms with Gasteiger partial charge in [0.05, 0.1) is 17.6 Å². The largest absolute Gasteiger partial charge is 0.494 e. The molecule has 0 aliphatic carbocycles. The highest BCUT2D eigenvalue weighted by molar-refractivity contribution is 7.89. The van der Waals surface area contributed by atoms with E-state index in [9.17, 15) is 17.9 Å². The van der Waals surface area contributed by atoms with Gasteiger partial charge in [0, 0.05) is 13.1 Å². The summed E-state index contributed by atoms with van der Waals surface area (Å²) in [6.07, 6.45) is 0.482. The maximum absolute atomic E-state index is 13.5. The van der Waals surface area contributed by atoms with Gasteiger partial charge >= 0.3 is 0 Å². The van der Waals surface area contributed by atoms with Crippen LogP contribution < -0.4 is 4.74 Å². The number of aliphatic hydroxyl groups is 1. The highest BCUT2D eigenvalue weighted by Gasteiger charge is 2.46. The number of hydrogen-bond donors (Lipinski definition) is 1. The summed E-state index contributed by atoms with van der Waals surface area (Å²) in [6, 6.07) is 3.49. The molecule has 5 nitrogen and oxygen atoms in total. The predicted octanol–water partition coefficient (Wildman–Crippen LogP) is 0.980. The second-order valence-corrected chi connectivity index (χ2v) is 6.59. The monoisotopic (exact) mass is 289 g/mol. The van der Waals surface area contributed by atoms with Crippen LogP contribution in [0.15, 0.2) is 23.1 Å². The van der Waals surface area contributed by atoms with Gasteiger partial charge in [-0.3, -0.25) is 0 Å². The Labute approximate surface area is 111 Å². The van der Waals surface area contributed by atoms with Crippen molar-refractivity contribution in [1.82, 2.24) is 4.31 Å². The number of sulfonamides is 1. The molecule has 0 bridgehead atoms. The van der Waals surface area contributed by atoms with Gasteiger partial charge in [-0.15, -0.1) is 0 Å². The standard InChI is InChI=1S/C12H16FNO4S/c1-3-12(15)7-14(8-12)19(16,17)9-4-5-11(18-2)10(13)6-9/h4-6,15H,3,7-8H2,1-2H3. The van der Waals surface area contributed by atoms with Crippen LogP contribution in [0.5, 0.6) is 5.75 Å². The smallest absolute Gasteiger partial charge is 0.243 e. The van der Waals surface area contributed by atoms with Gasteiger partial charge in [0.2, 0.25) is 10.0 Å². The van der Waals surface area contributed by atoms with E-state index in [0.29, 0.717) is 6.42 Å². The van der Waals surface area contributed by atoms with Gasteiger partial charge in [0.25, 0.3) is 0 Å². The van der Waals surface area contributed by atoms with E-state index in [0.717, 1.165) is 10.4 Å². The van der Waals surface area contributed by atoms with Crippen LogP contribution in [0.1, 0.15) is 13.3 Å². The fourth-order valence-corrected chi connectivity index (χ4v) is 3.57. The molecular weight excluding hydrogens is 273 g/mol. The van der Waals surface area contributed by atoms with Crippen LogP contribution in [0, 0.1) is 5.82 Å². The van der Waals surface area contributed by atoms with Gasteiger partial charge < -0.3 is 9.84 Å². The van der Waals surface area contributed by atoms with E-state index in [1.54, 1.807) is 6.92 Å². The van der Waals surface area contributed by atoms with Gasteiger partial charge in [-0.05, 0) is 24.6 Å². The Morgan fingerprint density at radius 3 is 2.58 bits per heavy atom. The Kier molecular flexibility index (Phi) is 3.55. The number of β-amino-alcohol motifs (C(OH)–C–C–N with tert-alkyl or cyclic N) is 1. The molecule has 2 rings (SSSR count). The first-order valence-corrected chi connectivity index (χ1v) is 7.32. The number of hydrogen-bond acceptors (Lipinski definition) is 4. The first-order chi connectivity index (χ1) is 8.82. The highest BCUT2D eigenvalue weighted by atomic mass is 32.2. The molecule has 1 aliphatic heterocycles. The Morgan fingerprint density at radius 1 is 1.47 bits per heavy atom. The number of nitrogens with zero attached hydrogens (tertiary/aromatic N) is 1. The Hall–Kier alpha value is -1.18. The number of rotatable bonds is 4. The molecular formula is C12H16FNO4S. The van der Waals surface area contributed by atoms with E-state index in [1.807, 2.05) is 0 Å². The van der Waals surface area contributed by atoms with Crippen LogP contribution in [-0.2, 0) is 10.0 Å². The normalized spacial score (nSPS) is 18.9. The number of halogens is 1. The fraction of sp³-hybridized carbons (Fsp3) is 0.500. The van der Waals surface area contributed by atoms with Crippen LogP contribution in [0.25, 0.3) is 0 Å². The number of ether oxygens (including phenoxy) is 1. The van der Waals surface area contributed by atoms with Crippen molar-refractivity contribution >= 4 is 10.0 Å². The maximum atomic E-state index is 13.5. The van der Waals surface area contributed by atoms with E-state index >= 15 is 0 Å². The summed E-state index contributed by atoms with van der Waals surface area (Å²) in [7, 11) is -2.44. The van der Waals surface area contributed by atoms with Crippen molar-refractivity contribution in [3.8, 4) is 5.75 Å². The van der Waals surface area contributed by atoms with Crippen LogP contribution in [0.4, 0.5) is 4.39 Å². The predicted molar refractivity (Wildman–Crippen MR) is 67.0 cm³/mol. The minimum atomic E-state index is -3.75. The second kappa shape index (κ2) is 4.73. The molecule has 0 radical (unpaired) electrons. The molecule has 1 heterocycles. The molecule has 0 unspecified atom stereocenters. The molecule has 1 aromatic carbocycles. The third-order valence-corrected chi connectivity index (χ3v) is 5.15. The molecule has 1 aromatic rings. The molecule has 0 amide bonds. The molecule has 19 heavy (non-hydrogen) atoms. The lowest BCUT2D eigenvalue weighted by Crippen LogP contribution is -2.62. The Bertz CT molecular complexity index is 581. The summed E-state index contributed by atoms with van der Waals surface area (Å²) in [5.41, 5.74) is -0.960. The van der Waals surface area contributed by atoms with Gasteiger partial charge in [-0.25, -0.2) is 12.8 Å². The van der Waals surface area contributed by atoms with Crippen molar-refractivity contribution < 1.29 is 22.7 Å². The van der Waals surface area contributed by atoms with Gasteiger partial charge in [-0.2, -0.15) is 4.31 Å². The fourth-order valence-electron chi connectivity index (χ4n) is 1.96. The van der Waals surface area contributed by atoms with E-state index in [4.69, 9.17) is 4.74 Å². The average Bonchev–Trinajstić information content (AvgIpc) is 2.34. The van der Waals surface area contributed by atoms with Crippen molar-refractivity contribution in [2.24, 2.45) is 0 Å². The van der Waals surface area contributed by atoms with Crippen LogP contribution >= 0.6 is 0 Å². The third-order valence-electron chi connectivity index (χ3n) is 3.36. The molecule has 1 aliphatic rings. The van der Waals surface area contributed by atoms with Crippen molar-refractivity contribution in [1.29, 1.82) is 0 Å². The molecule has 0 saturated carbocycles. The number of methoxy groups -OCH3 is 1. The summed E-state index contributed by atoms with van der Waals surface area (Å²) < 4.78 is 43.8. The Morgan fingerprint density at radius 2 is 2.11 bits per heavy atom. The van der Waals surface area contributed by atoms with Crippen molar-refractivity contribution in [2.75, 3.05) is 20.2 Å². The minimum Gasteiger partial charge on any atom is -0.494 e. The van der Waals surface area contributed by atoms with Crippen LogP contribution in [-0.4, -0.2) is 43.6 Å². The molecule has 106 valence electrons. The first kappa shape index (κ1) is 14.2. The molecule has 1 saturated heterocycles. The lowest BCUT2D eigenvalue weighted by molar-refractivity contribution is -0.0613. The topological polar surface area (TPSA) is 66.8 Å². The SMILES string of the molecule is CCC1(O)CN(S(=O)(=O)c2ccc(OC)c(F)c2)C1. The lowest BCUT2D eigenvalue weighted by Gasteiger charge is -2.44. The average molecular weight is 289 g/mol. The zero-order valence-electron chi connectivity index (χ0n) is 10.8. The molecule has 7 heteroatoms. The van der Waals surface area contributed by atoms with Gasteiger partial charge in [-0.1, -0.05) is 6.92 Å². The van der Waals surface area contributed by atoms with Gasteiger partial charge in [0.1, 0.15) is 0 Å². The van der Waals surface area contributed by atoms with E-state index in [2.05, 4.69) is 0 Å². The molecule has 1 N–H and O–H groups in total. The van der Waals surface area contributed by atoms with Gasteiger partial charge in [0.15, 0.2) is 11.6 Å². The summed E-state index contributed by atoms with van der Waals surface area (Å²) in [5, 5.41) is 9.84. The lowest BCUT2D eigenvalue weighted by atomic mass is 9.94. The first-order valence-electron chi connectivity index (χ1n) is 5.88. The van der Waals surface area contributed by atoms with E-state index in [-0.39, 0.29) is 23.7 Å². The highest BCUT2D eigenvalue weighted by Crippen LogP contribution is 2.31. The Balaban J connectivity index is 2.24. The second-order valence-electron chi connectivity index (χ2n) is 4.65. The van der Waals surface area contributed by atoms with Crippen molar-refractivity contribution in [2.45, 2.75) is 23.8 Å². The summed E-state index contributed by atoms with van der Waals surface area (Å²) in [5.74, 6) is -0.734. The minimum absolute atomic E-state index is 0.00683. The van der Waals surface area contributed by atoms with E-state index in [1.165, 1.54) is 19.2 Å². The van der Waals surface area contributed by atoms with Crippen LogP contribution in [0.2, 0.25) is 0 Å². The zero-order chi connectivity index (χ0) is 14.3. The maximum Gasteiger partial charge on any atom is 0.243 e.